The second kappa shape index (κ2) is 4.24. The molecule has 1 nitrogen and oxygen atoms in total. The number of aryl methyl sites for hydroxylation is 1. The van der Waals surface area contributed by atoms with E-state index < -0.39 is 0 Å². The number of alkyl halides is 1. The second-order valence-electron chi connectivity index (χ2n) is 3.08. The Morgan fingerprint density at radius 2 is 2.14 bits per heavy atom. The minimum Gasteiger partial charge on any atom is -0.244 e. The van der Waals surface area contributed by atoms with Gasteiger partial charge >= 0.3 is 0 Å². The van der Waals surface area contributed by atoms with Crippen molar-refractivity contribution in [1.82, 2.24) is 4.98 Å². The summed E-state index contributed by atoms with van der Waals surface area (Å²) in [5.74, 6) is 0. The number of aromatic nitrogens is 1. The summed E-state index contributed by atoms with van der Waals surface area (Å²) < 4.78 is 0. The molecule has 0 saturated carbocycles. The molecule has 0 aliphatic rings. The van der Waals surface area contributed by atoms with Crippen LogP contribution in [0.3, 0.4) is 0 Å². The van der Waals surface area contributed by atoms with E-state index in [0.717, 1.165) is 10.3 Å². The number of hydrogen-bond acceptors (Lipinski definition) is 2. The van der Waals surface area contributed by atoms with Gasteiger partial charge in [0.15, 0.2) is 0 Å². The van der Waals surface area contributed by atoms with Gasteiger partial charge in [0.05, 0.1) is 0 Å². The van der Waals surface area contributed by atoms with Crippen LogP contribution in [0.15, 0.2) is 30.5 Å². The molecule has 0 aliphatic heterocycles. The molecule has 3 heteroatoms. The molecule has 14 heavy (non-hydrogen) atoms. The minimum absolute atomic E-state index is 0.885. The first-order valence-corrected chi connectivity index (χ1v) is 6.31. The van der Waals surface area contributed by atoms with Gasteiger partial charge < -0.3 is 0 Å². The van der Waals surface area contributed by atoms with Crippen molar-refractivity contribution in [2.24, 2.45) is 0 Å². The van der Waals surface area contributed by atoms with Gasteiger partial charge in [0.1, 0.15) is 5.01 Å². The lowest BCUT2D eigenvalue weighted by atomic mass is 10.1. The molecule has 1 heterocycles. The first-order chi connectivity index (χ1) is 6.81. The normalized spacial score (nSPS) is 10.4. The van der Waals surface area contributed by atoms with Crippen molar-refractivity contribution in [3.63, 3.8) is 0 Å². The third-order valence-corrected chi connectivity index (χ3v) is 4.07. The lowest BCUT2D eigenvalue weighted by Crippen LogP contribution is -1.79. The Balaban J connectivity index is 2.44. The fraction of sp³-hybridized carbons (Fsp3) is 0.182. The summed E-state index contributed by atoms with van der Waals surface area (Å²) in [4.78, 5) is 5.67. The van der Waals surface area contributed by atoms with Crippen molar-refractivity contribution >= 4 is 27.3 Å². The lowest BCUT2D eigenvalue weighted by molar-refractivity contribution is 1.35. The smallest absolute Gasteiger partial charge is 0.123 e. The highest BCUT2D eigenvalue weighted by Gasteiger charge is 2.05. The monoisotopic (exact) mass is 267 g/mol. The van der Waals surface area contributed by atoms with E-state index in [1.54, 1.807) is 11.3 Å². The van der Waals surface area contributed by atoms with Crippen LogP contribution in [0, 0.1) is 6.92 Å². The van der Waals surface area contributed by atoms with Crippen molar-refractivity contribution < 1.29 is 0 Å². The van der Waals surface area contributed by atoms with Gasteiger partial charge in [-0.2, -0.15) is 0 Å². The second-order valence-corrected chi connectivity index (χ2v) is 4.76. The molecular formula is C11H10BrNS. The van der Waals surface area contributed by atoms with Gasteiger partial charge in [0.2, 0.25) is 0 Å². The number of benzene rings is 1. The topological polar surface area (TPSA) is 12.9 Å². The van der Waals surface area contributed by atoms with Crippen molar-refractivity contribution in [3.8, 4) is 10.6 Å². The zero-order valence-electron chi connectivity index (χ0n) is 7.83. The maximum atomic E-state index is 4.41. The minimum atomic E-state index is 0.885. The molecule has 1 aromatic carbocycles. The SMILES string of the molecule is Cc1ccccc1-c1ncc(CBr)s1. The molecule has 0 amide bonds. The predicted octanol–water partition coefficient (Wildman–Crippen LogP) is 4.01. The highest BCUT2D eigenvalue weighted by molar-refractivity contribution is 9.08. The van der Waals surface area contributed by atoms with E-state index in [9.17, 15) is 0 Å². The highest BCUT2D eigenvalue weighted by Crippen LogP contribution is 2.28. The summed E-state index contributed by atoms with van der Waals surface area (Å²) in [6.45, 7) is 2.12. The molecule has 2 rings (SSSR count). The van der Waals surface area contributed by atoms with Crippen LogP contribution in [0.1, 0.15) is 10.4 Å². The lowest BCUT2D eigenvalue weighted by Gasteiger charge is -1.99. The number of thiazole rings is 1. The number of rotatable bonds is 2. The fourth-order valence-electron chi connectivity index (χ4n) is 1.31. The van der Waals surface area contributed by atoms with Crippen LogP contribution >= 0.6 is 27.3 Å². The molecule has 0 unspecified atom stereocenters. The fourth-order valence-corrected chi connectivity index (χ4v) is 2.65. The molecule has 1 aromatic heterocycles. The average molecular weight is 268 g/mol. The van der Waals surface area contributed by atoms with Gasteiger partial charge in [-0.15, -0.1) is 11.3 Å². The zero-order valence-corrected chi connectivity index (χ0v) is 10.2. The van der Waals surface area contributed by atoms with Gasteiger partial charge in [0.25, 0.3) is 0 Å². The van der Waals surface area contributed by atoms with Gasteiger partial charge in [-0.25, -0.2) is 4.98 Å². The quantitative estimate of drug-likeness (QED) is 0.750. The molecule has 0 spiro atoms. The molecule has 0 bridgehead atoms. The predicted molar refractivity (Wildman–Crippen MR) is 64.9 cm³/mol. The number of nitrogens with zero attached hydrogens (tertiary/aromatic N) is 1. The van der Waals surface area contributed by atoms with Crippen molar-refractivity contribution in [3.05, 3.63) is 40.9 Å². The Bertz CT molecular complexity index is 436. The van der Waals surface area contributed by atoms with Crippen molar-refractivity contribution in [1.29, 1.82) is 0 Å². The summed E-state index contributed by atoms with van der Waals surface area (Å²) in [6, 6.07) is 8.34. The van der Waals surface area contributed by atoms with Crippen LogP contribution in [0.2, 0.25) is 0 Å². The van der Waals surface area contributed by atoms with Crippen LogP contribution in [-0.4, -0.2) is 4.98 Å². The van der Waals surface area contributed by atoms with E-state index in [4.69, 9.17) is 0 Å². The van der Waals surface area contributed by atoms with Gasteiger partial charge in [-0.1, -0.05) is 40.2 Å². The zero-order chi connectivity index (χ0) is 9.97. The number of halogens is 1. The van der Waals surface area contributed by atoms with Crippen molar-refractivity contribution in [2.75, 3.05) is 0 Å². The van der Waals surface area contributed by atoms with E-state index in [1.165, 1.54) is 16.0 Å². The Morgan fingerprint density at radius 3 is 2.79 bits per heavy atom. The van der Waals surface area contributed by atoms with Gasteiger partial charge in [-0.3, -0.25) is 0 Å². The molecule has 0 radical (unpaired) electrons. The third kappa shape index (κ3) is 1.88. The molecule has 0 saturated heterocycles. The Kier molecular flexibility index (Phi) is 2.99. The first kappa shape index (κ1) is 9.87. The summed E-state index contributed by atoms with van der Waals surface area (Å²) in [6.07, 6.45) is 1.93. The molecule has 72 valence electrons. The van der Waals surface area contributed by atoms with Crippen LogP contribution < -0.4 is 0 Å². The maximum absolute atomic E-state index is 4.41. The Morgan fingerprint density at radius 1 is 1.36 bits per heavy atom. The van der Waals surface area contributed by atoms with Crippen molar-refractivity contribution in [2.45, 2.75) is 12.3 Å². The number of hydrogen-bond donors (Lipinski definition) is 0. The molecular weight excluding hydrogens is 258 g/mol. The van der Waals surface area contributed by atoms with Crippen LogP contribution in [0.4, 0.5) is 0 Å². The molecule has 0 fully saturated rings. The first-order valence-electron chi connectivity index (χ1n) is 4.38. The maximum Gasteiger partial charge on any atom is 0.123 e. The van der Waals surface area contributed by atoms with Gasteiger partial charge in [-0.05, 0) is 12.5 Å². The average Bonchev–Trinajstić information content (AvgIpc) is 2.67. The van der Waals surface area contributed by atoms with E-state index in [1.807, 2.05) is 6.20 Å². The molecule has 0 aliphatic carbocycles. The van der Waals surface area contributed by atoms with E-state index in [-0.39, 0.29) is 0 Å². The standard InChI is InChI=1S/C11H10BrNS/c1-8-4-2-3-5-10(8)11-13-7-9(6-12)14-11/h2-5,7H,6H2,1H3. The summed E-state index contributed by atoms with van der Waals surface area (Å²) in [5.41, 5.74) is 2.52. The van der Waals surface area contributed by atoms with Crippen LogP contribution in [0.25, 0.3) is 10.6 Å². The highest BCUT2D eigenvalue weighted by atomic mass is 79.9. The van der Waals surface area contributed by atoms with Gasteiger partial charge in [0, 0.05) is 22.0 Å². The van der Waals surface area contributed by atoms with Crippen LogP contribution in [-0.2, 0) is 5.33 Å². The van der Waals surface area contributed by atoms with E-state index in [0.29, 0.717) is 0 Å². The summed E-state index contributed by atoms with van der Waals surface area (Å²) >= 11 is 5.17. The molecule has 0 N–H and O–H groups in total. The largest absolute Gasteiger partial charge is 0.244 e. The summed E-state index contributed by atoms with van der Waals surface area (Å²) in [7, 11) is 0. The summed E-state index contributed by atoms with van der Waals surface area (Å²) in [5, 5.41) is 1.99. The van der Waals surface area contributed by atoms with E-state index >= 15 is 0 Å². The molecule has 2 aromatic rings. The van der Waals surface area contributed by atoms with Crippen LogP contribution in [0.5, 0.6) is 0 Å². The third-order valence-electron chi connectivity index (χ3n) is 2.06. The molecule has 0 atom stereocenters. The Hall–Kier alpha value is -0.670. The Labute approximate surface area is 95.9 Å². The van der Waals surface area contributed by atoms with E-state index in [2.05, 4.69) is 52.1 Å².